The van der Waals surface area contributed by atoms with E-state index in [9.17, 15) is 9.59 Å². The van der Waals surface area contributed by atoms with Gasteiger partial charge in [0.15, 0.2) is 0 Å². The van der Waals surface area contributed by atoms with Crippen molar-refractivity contribution in [2.75, 3.05) is 13.1 Å². The maximum absolute atomic E-state index is 11.8. The van der Waals surface area contributed by atoms with E-state index in [0.29, 0.717) is 6.54 Å². The molecule has 1 aromatic rings. The lowest BCUT2D eigenvalue weighted by Gasteiger charge is -2.17. The van der Waals surface area contributed by atoms with Gasteiger partial charge in [0.25, 0.3) is 0 Å². The molecular weight excluding hydrogens is 346 g/mol. The number of hydrogen-bond donors (Lipinski definition) is 3. The first kappa shape index (κ1) is 18.6. The fourth-order valence-corrected chi connectivity index (χ4v) is 2.27. The molecule has 6 heteroatoms. The van der Waals surface area contributed by atoms with Crippen LogP contribution in [0.4, 0.5) is 4.79 Å². The number of halogens is 1. The molecule has 1 rings (SSSR count). The summed E-state index contributed by atoms with van der Waals surface area (Å²) in [6.45, 7) is 4.78. The second-order valence-corrected chi connectivity index (χ2v) is 5.97. The average Bonchev–Trinajstić information content (AvgIpc) is 2.49. The van der Waals surface area contributed by atoms with Crippen molar-refractivity contribution in [3.8, 4) is 0 Å². The smallest absolute Gasteiger partial charge is 0.321 e. The van der Waals surface area contributed by atoms with Crippen molar-refractivity contribution >= 4 is 27.9 Å². The summed E-state index contributed by atoms with van der Waals surface area (Å²) in [6, 6.07) is 7.63. The standard InChI is InChI=1S/C16H24BrN3O2/c1-3-5-10-18-16(22)20-15(21)11-19-14(4-2)12-6-8-13(17)9-7-12/h6-9,14,19H,3-5,10-11H2,1-2H3,(H2,18,20,21,22)/t14-/m1/s1. The topological polar surface area (TPSA) is 70.2 Å². The highest BCUT2D eigenvalue weighted by molar-refractivity contribution is 9.10. The van der Waals surface area contributed by atoms with E-state index in [1.54, 1.807) is 0 Å². The molecule has 0 heterocycles. The molecule has 0 saturated carbocycles. The average molecular weight is 370 g/mol. The molecule has 0 saturated heterocycles. The van der Waals surface area contributed by atoms with Crippen LogP contribution in [0.25, 0.3) is 0 Å². The van der Waals surface area contributed by atoms with E-state index in [1.165, 1.54) is 0 Å². The van der Waals surface area contributed by atoms with Crippen LogP contribution in [0.3, 0.4) is 0 Å². The lowest BCUT2D eigenvalue weighted by molar-refractivity contribution is -0.119. The monoisotopic (exact) mass is 369 g/mol. The number of rotatable bonds is 8. The molecule has 1 atom stereocenters. The SMILES string of the molecule is CCCCNC(=O)NC(=O)CN[C@H](CC)c1ccc(Br)cc1. The Balaban J connectivity index is 2.37. The molecule has 3 amide bonds. The molecule has 0 spiro atoms. The Hall–Kier alpha value is -1.40. The van der Waals surface area contributed by atoms with Crippen molar-refractivity contribution in [3.05, 3.63) is 34.3 Å². The van der Waals surface area contributed by atoms with Gasteiger partial charge in [-0.1, -0.05) is 48.3 Å². The Morgan fingerprint density at radius 3 is 2.45 bits per heavy atom. The lowest BCUT2D eigenvalue weighted by Crippen LogP contribution is -2.44. The molecule has 0 aliphatic carbocycles. The van der Waals surface area contributed by atoms with Gasteiger partial charge in [0.1, 0.15) is 0 Å². The van der Waals surface area contributed by atoms with E-state index in [0.717, 1.165) is 29.3 Å². The fraction of sp³-hybridized carbons (Fsp3) is 0.500. The summed E-state index contributed by atoms with van der Waals surface area (Å²) in [5, 5.41) is 8.14. The normalized spacial score (nSPS) is 11.8. The van der Waals surface area contributed by atoms with E-state index < -0.39 is 6.03 Å². The van der Waals surface area contributed by atoms with Gasteiger partial charge in [0.2, 0.25) is 5.91 Å². The number of urea groups is 1. The van der Waals surface area contributed by atoms with Gasteiger partial charge < -0.3 is 10.6 Å². The van der Waals surface area contributed by atoms with Gasteiger partial charge in [-0.3, -0.25) is 10.1 Å². The molecule has 3 N–H and O–H groups in total. The molecule has 5 nitrogen and oxygen atoms in total. The predicted molar refractivity (Wildman–Crippen MR) is 91.6 cm³/mol. The highest BCUT2D eigenvalue weighted by atomic mass is 79.9. The van der Waals surface area contributed by atoms with Gasteiger partial charge in [-0.15, -0.1) is 0 Å². The summed E-state index contributed by atoms with van der Waals surface area (Å²) >= 11 is 3.40. The molecule has 0 aromatic heterocycles. The molecular formula is C16H24BrN3O2. The van der Waals surface area contributed by atoms with Crippen molar-refractivity contribution in [2.45, 2.75) is 39.2 Å². The quantitative estimate of drug-likeness (QED) is 0.616. The number of benzene rings is 1. The molecule has 0 fully saturated rings. The minimum Gasteiger partial charge on any atom is -0.338 e. The largest absolute Gasteiger partial charge is 0.338 e. The lowest BCUT2D eigenvalue weighted by atomic mass is 10.0. The van der Waals surface area contributed by atoms with E-state index in [-0.39, 0.29) is 18.5 Å². The van der Waals surface area contributed by atoms with Crippen LogP contribution in [0.1, 0.15) is 44.7 Å². The highest BCUT2D eigenvalue weighted by Crippen LogP contribution is 2.19. The van der Waals surface area contributed by atoms with Gasteiger partial charge in [-0.05, 0) is 30.5 Å². The molecule has 1 aromatic carbocycles. The number of unbranched alkanes of at least 4 members (excludes halogenated alkanes) is 1. The number of amides is 3. The molecule has 122 valence electrons. The van der Waals surface area contributed by atoms with Gasteiger partial charge in [-0.25, -0.2) is 4.79 Å². The fourth-order valence-electron chi connectivity index (χ4n) is 2.00. The van der Waals surface area contributed by atoms with E-state index in [4.69, 9.17) is 0 Å². The third-order valence-electron chi connectivity index (χ3n) is 3.26. The summed E-state index contributed by atoms with van der Waals surface area (Å²) in [7, 11) is 0. The molecule has 0 bridgehead atoms. The molecule has 0 radical (unpaired) electrons. The zero-order valence-electron chi connectivity index (χ0n) is 13.1. The van der Waals surface area contributed by atoms with Crippen molar-refractivity contribution in [1.82, 2.24) is 16.0 Å². The van der Waals surface area contributed by atoms with Crippen LogP contribution in [0.2, 0.25) is 0 Å². The summed E-state index contributed by atoms with van der Waals surface area (Å²) in [4.78, 5) is 23.2. The summed E-state index contributed by atoms with van der Waals surface area (Å²) in [5.74, 6) is -0.329. The van der Waals surface area contributed by atoms with Gasteiger partial charge in [0, 0.05) is 17.1 Å². The van der Waals surface area contributed by atoms with Crippen LogP contribution >= 0.6 is 15.9 Å². The Kier molecular flexibility index (Phi) is 8.77. The summed E-state index contributed by atoms with van der Waals surface area (Å²) in [6.07, 6.45) is 2.76. The highest BCUT2D eigenvalue weighted by Gasteiger charge is 2.12. The van der Waals surface area contributed by atoms with Crippen LogP contribution in [0.15, 0.2) is 28.7 Å². The van der Waals surface area contributed by atoms with Crippen LogP contribution < -0.4 is 16.0 Å². The minimum atomic E-state index is -0.433. The maximum atomic E-state index is 11.8. The molecule has 0 unspecified atom stereocenters. The third-order valence-corrected chi connectivity index (χ3v) is 3.79. The molecule has 22 heavy (non-hydrogen) atoms. The Morgan fingerprint density at radius 1 is 1.18 bits per heavy atom. The van der Waals surface area contributed by atoms with E-state index >= 15 is 0 Å². The number of carbonyl (C=O) groups is 2. The maximum Gasteiger partial charge on any atom is 0.321 e. The van der Waals surface area contributed by atoms with Gasteiger partial charge in [0.05, 0.1) is 6.54 Å². The molecule has 0 aliphatic rings. The summed E-state index contributed by atoms with van der Waals surface area (Å²) < 4.78 is 1.02. The van der Waals surface area contributed by atoms with Crippen molar-refractivity contribution in [3.63, 3.8) is 0 Å². The van der Waals surface area contributed by atoms with Crippen LogP contribution in [-0.4, -0.2) is 25.0 Å². The first-order valence-corrected chi connectivity index (χ1v) is 8.42. The van der Waals surface area contributed by atoms with Crippen LogP contribution in [-0.2, 0) is 4.79 Å². The van der Waals surface area contributed by atoms with Crippen molar-refractivity contribution < 1.29 is 9.59 Å². The Labute approximate surface area is 140 Å². The van der Waals surface area contributed by atoms with E-state index in [1.807, 2.05) is 31.2 Å². The van der Waals surface area contributed by atoms with Crippen LogP contribution in [0.5, 0.6) is 0 Å². The number of hydrogen-bond acceptors (Lipinski definition) is 3. The Bertz CT molecular complexity index is 477. The third kappa shape index (κ3) is 7.04. The number of nitrogens with one attached hydrogen (secondary N) is 3. The minimum absolute atomic E-state index is 0.0852. The zero-order chi connectivity index (χ0) is 16.4. The summed E-state index contributed by atoms with van der Waals surface area (Å²) in [5.41, 5.74) is 1.12. The van der Waals surface area contributed by atoms with E-state index in [2.05, 4.69) is 38.8 Å². The van der Waals surface area contributed by atoms with Crippen molar-refractivity contribution in [1.29, 1.82) is 0 Å². The second kappa shape index (κ2) is 10.3. The zero-order valence-corrected chi connectivity index (χ0v) is 14.7. The number of carbonyl (C=O) groups excluding carboxylic acids is 2. The predicted octanol–water partition coefficient (Wildman–Crippen LogP) is 3.12. The first-order valence-electron chi connectivity index (χ1n) is 7.63. The van der Waals surface area contributed by atoms with Crippen molar-refractivity contribution in [2.24, 2.45) is 0 Å². The molecule has 0 aliphatic heterocycles. The van der Waals surface area contributed by atoms with Gasteiger partial charge in [-0.2, -0.15) is 0 Å². The Morgan fingerprint density at radius 2 is 1.86 bits per heavy atom. The first-order chi connectivity index (χ1) is 10.6. The van der Waals surface area contributed by atoms with Gasteiger partial charge >= 0.3 is 6.03 Å². The second-order valence-electron chi connectivity index (χ2n) is 5.05. The van der Waals surface area contributed by atoms with Crippen LogP contribution in [0, 0.1) is 0 Å². The number of imide groups is 1.